The first-order valence-electron chi connectivity index (χ1n) is 25.0. The minimum absolute atomic E-state index is 0.390. The molecule has 2 aliphatic heterocycles. The zero-order chi connectivity index (χ0) is 49.7. The molecule has 13 aromatic rings. The molecule has 0 N–H and O–H groups in total. The van der Waals surface area contributed by atoms with Gasteiger partial charge in [0.25, 0.3) is 0 Å². The Morgan fingerprint density at radius 1 is 0.293 bits per heavy atom. The van der Waals surface area contributed by atoms with Crippen LogP contribution in [0.2, 0.25) is 0 Å². The Balaban J connectivity index is 1.06. The van der Waals surface area contributed by atoms with Crippen LogP contribution in [0.1, 0.15) is 0 Å². The number of fused-ring (bicyclic) bond motifs is 7. The summed E-state index contributed by atoms with van der Waals surface area (Å²) in [6.45, 7) is 0. The molecule has 0 bridgehead atoms. The minimum atomic E-state index is 0.390. The van der Waals surface area contributed by atoms with Gasteiger partial charge >= 0.3 is 0 Å². The summed E-state index contributed by atoms with van der Waals surface area (Å²) in [5, 5.41) is 0. The van der Waals surface area contributed by atoms with Crippen molar-refractivity contribution in [3.63, 3.8) is 0 Å². The molecule has 0 radical (unpaired) electrons. The third-order valence-corrected chi connectivity index (χ3v) is 14.6. The molecule has 15 rings (SSSR count). The molecule has 10 nitrogen and oxygen atoms in total. The Hall–Kier alpha value is -10.2. The highest BCUT2D eigenvalue weighted by Crippen LogP contribution is 2.56. The van der Waals surface area contributed by atoms with Crippen LogP contribution in [0.25, 0.3) is 89.9 Å². The standard InChI is InChI=1S/C65H43N7O3/c1-69-49-26-6-10-30-53(49)71(54-31-11-7-27-50(54)69)42-21-17-19-40(37-42)44-39-45(63-66-46-23-3-14-34-57(46)73-63)60(41-20-18-22-43(38-41)72-55-32-12-8-28-51(55)70(2)52-29-9-13-33-56(52)72)62(65-68-48-25-5-16-36-59(48)75-65)61(44)64-67-47-24-4-15-35-58(47)74-64/h3-39H,1-2H3. The van der Waals surface area contributed by atoms with Gasteiger partial charge in [-0.15, -0.1) is 0 Å². The number of benzene rings is 10. The predicted molar refractivity (Wildman–Crippen MR) is 302 cm³/mol. The molecule has 0 atom stereocenters. The van der Waals surface area contributed by atoms with Gasteiger partial charge in [-0.1, -0.05) is 109 Å². The molecule has 10 aromatic carbocycles. The van der Waals surface area contributed by atoms with E-state index < -0.39 is 0 Å². The fraction of sp³-hybridized carbons (Fsp3) is 0.0308. The first-order valence-corrected chi connectivity index (χ1v) is 25.0. The summed E-state index contributed by atoms with van der Waals surface area (Å²) in [5.74, 6) is 1.24. The fourth-order valence-corrected chi connectivity index (χ4v) is 11.2. The van der Waals surface area contributed by atoms with E-state index in [4.69, 9.17) is 28.2 Å². The monoisotopic (exact) mass is 969 g/mol. The van der Waals surface area contributed by atoms with Gasteiger partial charge in [0.05, 0.1) is 56.6 Å². The average Bonchev–Trinajstić information content (AvgIpc) is 4.24. The smallest absolute Gasteiger partial charge is 0.228 e. The number of rotatable bonds is 7. The van der Waals surface area contributed by atoms with Gasteiger partial charge < -0.3 is 32.9 Å². The lowest BCUT2D eigenvalue weighted by Crippen LogP contribution is -2.23. The number of hydrogen-bond acceptors (Lipinski definition) is 10. The first-order chi connectivity index (χ1) is 37.0. The summed E-state index contributed by atoms with van der Waals surface area (Å²) >= 11 is 0. The van der Waals surface area contributed by atoms with Gasteiger partial charge in [-0.25, -0.2) is 15.0 Å². The topological polar surface area (TPSA) is 91.1 Å². The molecule has 2 aliphatic rings. The van der Waals surface area contributed by atoms with Crippen molar-refractivity contribution in [2.24, 2.45) is 0 Å². The van der Waals surface area contributed by atoms with Gasteiger partial charge in [0, 0.05) is 36.6 Å². The van der Waals surface area contributed by atoms with Crippen molar-refractivity contribution in [3.8, 4) is 56.6 Å². The number of hydrogen-bond donors (Lipinski definition) is 0. The highest BCUT2D eigenvalue weighted by Gasteiger charge is 2.34. The maximum absolute atomic E-state index is 6.99. The summed E-state index contributed by atoms with van der Waals surface area (Å²) in [6, 6.07) is 77.3. The molecule has 5 heterocycles. The van der Waals surface area contributed by atoms with Gasteiger partial charge in [0.1, 0.15) is 16.6 Å². The largest absolute Gasteiger partial charge is 0.436 e. The zero-order valence-electron chi connectivity index (χ0n) is 40.7. The molecule has 75 heavy (non-hydrogen) atoms. The van der Waals surface area contributed by atoms with E-state index in [0.29, 0.717) is 51.1 Å². The van der Waals surface area contributed by atoms with E-state index in [1.54, 1.807) is 0 Å². The van der Waals surface area contributed by atoms with Crippen LogP contribution in [0, 0.1) is 0 Å². The molecule has 0 unspecified atom stereocenters. The lowest BCUT2D eigenvalue weighted by molar-refractivity contribution is 0.611. The predicted octanol–water partition coefficient (Wildman–Crippen LogP) is 17.5. The van der Waals surface area contributed by atoms with E-state index in [-0.39, 0.29) is 0 Å². The Morgan fingerprint density at radius 2 is 0.653 bits per heavy atom. The molecule has 356 valence electrons. The van der Waals surface area contributed by atoms with Crippen molar-refractivity contribution in [1.29, 1.82) is 0 Å². The third-order valence-electron chi connectivity index (χ3n) is 14.6. The number of para-hydroxylation sites is 14. The average molecular weight is 970 g/mol. The van der Waals surface area contributed by atoms with E-state index in [9.17, 15) is 0 Å². The third kappa shape index (κ3) is 6.70. The van der Waals surface area contributed by atoms with Gasteiger partial charge in [-0.2, -0.15) is 0 Å². The minimum Gasteiger partial charge on any atom is -0.436 e. The first kappa shape index (κ1) is 42.5. The molecule has 0 spiro atoms. The molecule has 0 amide bonds. The molecular weight excluding hydrogens is 927 g/mol. The van der Waals surface area contributed by atoms with E-state index in [1.807, 2.05) is 72.8 Å². The zero-order valence-corrected chi connectivity index (χ0v) is 40.7. The summed E-state index contributed by atoms with van der Waals surface area (Å²) in [4.78, 5) is 25.1. The van der Waals surface area contributed by atoms with Crippen molar-refractivity contribution >= 4 is 90.2 Å². The van der Waals surface area contributed by atoms with Crippen molar-refractivity contribution in [2.45, 2.75) is 0 Å². The second-order valence-corrected chi connectivity index (χ2v) is 18.9. The Morgan fingerprint density at radius 3 is 1.11 bits per heavy atom. The second-order valence-electron chi connectivity index (χ2n) is 18.9. The fourth-order valence-electron chi connectivity index (χ4n) is 11.2. The quantitative estimate of drug-likeness (QED) is 0.154. The van der Waals surface area contributed by atoms with Crippen molar-refractivity contribution in [1.82, 2.24) is 15.0 Å². The molecule has 0 saturated heterocycles. The van der Waals surface area contributed by atoms with Crippen LogP contribution in [0.4, 0.5) is 56.9 Å². The number of oxazole rings is 3. The lowest BCUT2D eigenvalue weighted by Gasteiger charge is -2.38. The molecule has 0 saturated carbocycles. The SMILES string of the molecule is CN1c2ccccc2N(c2cccc(-c3cc(-c4nc5ccccc5o4)c(-c4cccc(N5c6ccccc6N(C)c6ccccc65)c4)c(-c4nc5ccccc5o4)c3-c3nc4ccccc4o3)c2)c2ccccc21. The molecule has 0 fully saturated rings. The van der Waals surface area contributed by atoms with E-state index in [2.05, 4.69) is 185 Å². The van der Waals surface area contributed by atoms with Crippen molar-refractivity contribution in [2.75, 3.05) is 33.7 Å². The van der Waals surface area contributed by atoms with Gasteiger partial charge in [0.2, 0.25) is 17.7 Å². The molecule has 10 heteroatoms. The number of aromatic nitrogens is 3. The van der Waals surface area contributed by atoms with Crippen molar-refractivity contribution in [3.05, 3.63) is 224 Å². The summed E-state index contributed by atoms with van der Waals surface area (Å²) in [5.41, 5.74) is 20.2. The molecule has 3 aromatic heterocycles. The maximum Gasteiger partial charge on any atom is 0.228 e. The van der Waals surface area contributed by atoms with Crippen molar-refractivity contribution < 1.29 is 13.3 Å². The molecule has 0 aliphatic carbocycles. The van der Waals surface area contributed by atoms with Crippen LogP contribution >= 0.6 is 0 Å². The summed E-state index contributed by atoms with van der Waals surface area (Å²) < 4.78 is 20.8. The van der Waals surface area contributed by atoms with E-state index in [0.717, 1.165) is 95.7 Å². The number of anilines is 10. The highest BCUT2D eigenvalue weighted by atomic mass is 16.4. The Labute approximate surface area is 431 Å². The lowest BCUT2D eigenvalue weighted by atomic mass is 9.84. The maximum atomic E-state index is 6.99. The highest BCUT2D eigenvalue weighted by molar-refractivity contribution is 6.07. The van der Waals surface area contributed by atoms with E-state index in [1.165, 1.54) is 0 Å². The Bertz CT molecular complexity index is 4220. The Kier molecular flexibility index (Phi) is 9.46. The van der Waals surface area contributed by atoms with Crippen LogP contribution < -0.4 is 19.6 Å². The van der Waals surface area contributed by atoms with Crippen LogP contribution in [0.15, 0.2) is 238 Å². The van der Waals surface area contributed by atoms with Crippen LogP contribution in [0.3, 0.4) is 0 Å². The molecular formula is C65H43N7O3. The second kappa shape index (κ2) is 16.7. The van der Waals surface area contributed by atoms with Gasteiger partial charge in [-0.05, 0) is 132 Å². The normalized spacial score (nSPS) is 12.8. The van der Waals surface area contributed by atoms with Crippen LogP contribution in [0.5, 0.6) is 0 Å². The van der Waals surface area contributed by atoms with Crippen LogP contribution in [-0.2, 0) is 0 Å². The van der Waals surface area contributed by atoms with Crippen LogP contribution in [-0.4, -0.2) is 29.0 Å². The van der Waals surface area contributed by atoms with Gasteiger partial charge in [-0.3, -0.25) is 0 Å². The summed E-state index contributed by atoms with van der Waals surface area (Å²) in [6.07, 6.45) is 0. The summed E-state index contributed by atoms with van der Waals surface area (Å²) in [7, 11) is 4.25. The number of nitrogens with zero attached hydrogens (tertiary/aromatic N) is 7. The van der Waals surface area contributed by atoms with E-state index >= 15 is 0 Å². The van der Waals surface area contributed by atoms with Gasteiger partial charge in [0.15, 0.2) is 16.7 Å².